The van der Waals surface area contributed by atoms with E-state index in [1.807, 2.05) is 11.9 Å². The maximum Gasteiger partial charge on any atom is 0.0130 e. The second kappa shape index (κ2) is 3.60. The van der Waals surface area contributed by atoms with Crippen molar-refractivity contribution in [3.8, 4) is 0 Å². The molecule has 1 heterocycles. The molecule has 0 saturated carbocycles. The average molecular weight is 160 g/mol. The Morgan fingerprint density at radius 2 is 2.30 bits per heavy atom. The minimum absolute atomic E-state index is 0.434. The number of hydrogen-bond donors (Lipinski definition) is 1. The van der Waals surface area contributed by atoms with Crippen LogP contribution in [0, 0.1) is 5.92 Å². The van der Waals surface area contributed by atoms with Gasteiger partial charge in [-0.2, -0.15) is 0 Å². The second-order valence-corrected chi connectivity index (χ2v) is 3.88. The van der Waals surface area contributed by atoms with Crippen LogP contribution < -0.4 is 5.73 Å². The summed E-state index contributed by atoms with van der Waals surface area (Å²) in [4.78, 5) is 0. The Labute approximate surface area is 67.3 Å². The van der Waals surface area contributed by atoms with Gasteiger partial charge in [-0.1, -0.05) is 18.9 Å². The van der Waals surface area contributed by atoms with Crippen LogP contribution >= 0.6 is 11.9 Å². The van der Waals surface area contributed by atoms with Crippen LogP contribution in [-0.2, 0) is 0 Å². The quantitative estimate of drug-likeness (QED) is 0.579. The normalized spacial score (nSPS) is 36.3. The van der Waals surface area contributed by atoms with E-state index in [1.165, 1.54) is 0 Å². The van der Waals surface area contributed by atoms with Crippen LogP contribution in [0.4, 0.5) is 0 Å². The Hall–Kier alpha value is 0.270. The summed E-state index contributed by atoms with van der Waals surface area (Å²) in [7, 11) is 0. The molecule has 0 aromatic carbocycles. The molecular formula is C7H16N2S. The first kappa shape index (κ1) is 8.37. The summed E-state index contributed by atoms with van der Waals surface area (Å²) in [5.74, 6) is 0.668. The molecule has 1 fully saturated rings. The molecule has 10 heavy (non-hydrogen) atoms. The summed E-state index contributed by atoms with van der Waals surface area (Å²) >= 11 is 1.83. The van der Waals surface area contributed by atoms with Crippen LogP contribution in [0.3, 0.4) is 0 Å². The number of nitrogens with two attached hydrogens (primary N) is 1. The maximum absolute atomic E-state index is 5.86. The van der Waals surface area contributed by atoms with Crippen LogP contribution in [0.15, 0.2) is 0 Å². The summed E-state index contributed by atoms with van der Waals surface area (Å²) in [5, 5.41) is 0. The summed E-state index contributed by atoms with van der Waals surface area (Å²) < 4.78 is 2.38. The van der Waals surface area contributed by atoms with Gasteiger partial charge in [-0.25, -0.2) is 0 Å². The van der Waals surface area contributed by atoms with Gasteiger partial charge in [-0.15, -0.1) is 0 Å². The molecule has 0 bridgehead atoms. The molecule has 1 rings (SSSR count). The van der Waals surface area contributed by atoms with Gasteiger partial charge < -0.3 is 5.73 Å². The molecule has 0 spiro atoms. The van der Waals surface area contributed by atoms with E-state index in [9.17, 15) is 0 Å². The Morgan fingerprint density at radius 1 is 1.60 bits per heavy atom. The van der Waals surface area contributed by atoms with E-state index >= 15 is 0 Å². The highest BCUT2D eigenvalue weighted by atomic mass is 32.2. The number of hydrogen-bond acceptors (Lipinski definition) is 3. The third kappa shape index (κ3) is 1.87. The molecule has 2 N–H and O–H groups in total. The first-order valence-corrected chi connectivity index (χ1v) is 4.97. The minimum Gasteiger partial charge on any atom is -0.327 e. The van der Waals surface area contributed by atoms with Gasteiger partial charge in [0, 0.05) is 19.1 Å². The van der Waals surface area contributed by atoms with Gasteiger partial charge in [0.15, 0.2) is 0 Å². The van der Waals surface area contributed by atoms with Crippen LogP contribution in [0.5, 0.6) is 0 Å². The molecule has 2 nitrogen and oxygen atoms in total. The van der Waals surface area contributed by atoms with Gasteiger partial charge in [-0.3, -0.25) is 4.31 Å². The van der Waals surface area contributed by atoms with Crippen molar-refractivity contribution in [1.29, 1.82) is 0 Å². The molecule has 0 amide bonds. The minimum atomic E-state index is 0.434. The number of nitrogens with zero attached hydrogens (tertiary/aromatic N) is 1. The third-order valence-electron chi connectivity index (χ3n) is 2.19. The van der Waals surface area contributed by atoms with Crippen LogP contribution in [0.1, 0.15) is 13.3 Å². The van der Waals surface area contributed by atoms with Crippen molar-refractivity contribution in [2.45, 2.75) is 19.4 Å². The summed E-state index contributed by atoms with van der Waals surface area (Å²) in [5.41, 5.74) is 5.86. The first-order chi connectivity index (χ1) is 4.74. The first-order valence-electron chi connectivity index (χ1n) is 3.78. The predicted octanol–water partition coefficient (Wildman–Crippen LogP) is 0.934. The molecule has 0 aliphatic carbocycles. The van der Waals surface area contributed by atoms with Crippen LogP contribution in [0.2, 0.25) is 0 Å². The monoisotopic (exact) mass is 160 g/mol. The van der Waals surface area contributed by atoms with Gasteiger partial charge in [0.2, 0.25) is 0 Å². The van der Waals surface area contributed by atoms with Gasteiger partial charge in [0.25, 0.3) is 0 Å². The molecule has 1 aliphatic rings. The molecule has 0 aromatic heterocycles. The molecule has 2 atom stereocenters. The fourth-order valence-corrected chi connectivity index (χ4v) is 1.96. The van der Waals surface area contributed by atoms with Crippen molar-refractivity contribution in [2.24, 2.45) is 11.7 Å². The summed E-state index contributed by atoms with van der Waals surface area (Å²) in [6, 6.07) is 0.434. The predicted molar refractivity (Wildman–Crippen MR) is 46.8 cm³/mol. The van der Waals surface area contributed by atoms with Crippen molar-refractivity contribution in [1.82, 2.24) is 4.31 Å². The lowest BCUT2D eigenvalue weighted by molar-refractivity contribution is 0.267. The molecular weight excluding hydrogens is 144 g/mol. The highest BCUT2D eigenvalue weighted by molar-refractivity contribution is 7.96. The second-order valence-electron chi connectivity index (χ2n) is 3.00. The molecule has 1 aliphatic heterocycles. The molecule has 60 valence electrons. The van der Waals surface area contributed by atoms with Crippen molar-refractivity contribution in [2.75, 3.05) is 19.3 Å². The Morgan fingerprint density at radius 3 is 2.80 bits per heavy atom. The van der Waals surface area contributed by atoms with E-state index in [1.54, 1.807) is 0 Å². The summed E-state index contributed by atoms with van der Waals surface area (Å²) in [6.45, 7) is 4.54. The molecule has 0 aromatic rings. The van der Waals surface area contributed by atoms with Crippen molar-refractivity contribution in [3.05, 3.63) is 0 Å². The highest BCUT2D eigenvalue weighted by Gasteiger charge is 2.21. The largest absolute Gasteiger partial charge is 0.327 e. The number of piperidine rings is 1. The van der Waals surface area contributed by atoms with Crippen LogP contribution in [0.25, 0.3) is 0 Å². The van der Waals surface area contributed by atoms with E-state index in [2.05, 4.69) is 17.5 Å². The third-order valence-corrected chi connectivity index (χ3v) is 3.04. The van der Waals surface area contributed by atoms with Gasteiger partial charge >= 0.3 is 0 Å². The topological polar surface area (TPSA) is 29.3 Å². The molecule has 1 saturated heterocycles. The van der Waals surface area contributed by atoms with Crippen molar-refractivity contribution in [3.63, 3.8) is 0 Å². The van der Waals surface area contributed by atoms with Gasteiger partial charge in [0.05, 0.1) is 0 Å². The lowest BCUT2D eigenvalue weighted by atomic mass is 9.96. The van der Waals surface area contributed by atoms with E-state index in [4.69, 9.17) is 5.73 Å². The lowest BCUT2D eigenvalue weighted by Crippen LogP contribution is -2.42. The zero-order valence-corrected chi connectivity index (χ0v) is 7.53. The Bertz CT molecular complexity index is 108. The highest BCUT2D eigenvalue weighted by Crippen LogP contribution is 2.19. The van der Waals surface area contributed by atoms with Crippen molar-refractivity contribution >= 4 is 11.9 Å². The van der Waals surface area contributed by atoms with Gasteiger partial charge in [0.1, 0.15) is 0 Å². The number of rotatable bonds is 1. The van der Waals surface area contributed by atoms with E-state index in [0.717, 1.165) is 19.5 Å². The standard InChI is InChI=1S/C7H16N2S/c1-6-5-9(10-2)4-3-7(6)8/h6-7H,3-5,8H2,1-2H3. The molecule has 0 radical (unpaired) electrons. The smallest absolute Gasteiger partial charge is 0.0130 e. The van der Waals surface area contributed by atoms with Gasteiger partial charge in [-0.05, 0) is 18.6 Å². The Kier molecular flexibility index (Phi) is 3.01. The zero-order valence-electron chi connectivity index (χ0n) is 6.71. The fraction of sp³-hybridized carbons (Fsp3) is 1.00. The maximum atomic E-state index is 5.86. The fourth-order valence-electron chi connectivity index (χ4n) is 1.29. The van der Waals surface area contributed by atoms with Crippen LogP contribution in [-0.4, -0.2) is 29.7 Å². The van der Waals surface area contributed by atoms with Crippen molar-refractivity contribution < 1.29 is 0 Å². The Balaban J connectivity index is 2.33. The van der Waals surface area contributed by atoms with E-state index in [0.29, 0.717) is 12.0 Å². The summed E-state index contributed by atoms with van der Waals surface area (Å²) in [6.07, 6.45) is 3.28. The molecule has 2 unspecified atom stereocenters. The van der Waals surface area contributed by atoms with E-state index < -0.39 is 0 Å². The average Bonchev–Trinajstić information content (AvgIpc) is 1.95. The molecule has 3 heteroatoms. The zero-order chi connectivity index (χ0) is 7.56. The SMILES string of the molecule is CSN1CCC(N)C(C)C1. The lowest BCUT2D eigenvalue weighted by Gasteiger charge is -2.33. The van der Waals surface area contributed by atoms with E-state index in [-0.39, 0.29) is 0 Å².